The van der Waals surface area contributed by atoms with Crippen LogP contribution in [0.5, 0.6) is 0 Å². The van der Waals surface area contributed by atoms with E-state index in [4.69, 9.17) is 0 Å². The Morgan fingerprint density at radius 2 is 1.77 bits per heavy atom. The van der Waals surface area contributed by atoms with Crippen LogP contribution in [0.1, 0.15) is 11.7 Å². The molecule has 2 aromatic rings. The summed E-state index contributed by atoms with van der Waals surface area (Å²) in [7, 11) is 0. The van der Waals surface area contributed by atoms with Crippen LogP contribution in [0.2, 0.25) is 0 Å². The number of piperazine rings is 1. The second kappa shape index (κ2) is 6.85. The van der Waals surface area contributed by atoms with Crippen LogP contribution >= 0.6 is 0 Å². The van der Waals surface area contributed by atoms with Crippen molar-refractivity contribution in [1.82, 2.24) is 9.88 Å². The highest BCUT2D eigenvalue weighted by Crippen LogP contribution is 2.19. The predicted molar refractivity (Wildman–Crippen MR) is 84.2 cm³/mol. The van der Waals surface area contributed by atoms with E-state index >= 15 is 0 Å². The monoisotopic (exact) mass is 301 g/mol. The highest BCUT2D eigenvalue weighted by atomic mass is 19.1. The van der Waals surface area contributed by atoms with Crippen LogP contribution in [0.4, 0.5) is 10.2 Å². The van der Waals surface area contributed by atoms with Crippen LogP contribution < -0.4 is 4.90 Å². The van der Waals surface area contributed by atoms with Gasteiger partial charge in [0.1, 0.15) is 11.6 Å². The van der Waals surface area contributed by atoms with E-state index in [0.29, 0.717) is 12.1 Å². The lowest BCUT2D eigenvalue weighted by Crippen LogP contribution is -2.47. The minimum absolute atomic E-state index is 0.345. The number of rotatable bonds is 4. The first-order valence-corrected chi connectivity index (χ1v) is 7.55. The van der Waals surface area contributed by atoms with Crippen molar-refractivity contribution in [2.75, 3.05) is 37.6 Å². The number of anilines is 1. The second-order valence-electron chi connectivity index (χ2n) is 5.51. The highest BCUT2D eigenvalue weighted by Gasteiger charge is 2.21. The number of aliphatic hydroxyl groups is 1. The molecule has 0 radical (unpaired) electrons. The molecule has 1 N–H and O–H groups in total. The van der Waals surface area contributed by atoms with Crippen LogP contribution in [-0.2, 0) is 0 Å². The Morgan fingerprint density at radius 3 is 2.45 bits per heavy atom. The van der Waals surface area contributed by atoms with Crippen LogP contribution in [0, 0.1) is 5.82 Å². The molecule has 0 saturated carbocycles. The van der Waals surface area contributed by atoms with E-state index in [1.165, 1.54) is 6.07 Å². The maximum absolute atomic E-state index is 13.7. The number of nitrogens with zero attached hydrogens (tertiary/aromatic N) is 3. The first-order valence-electron chi connectivity index (χ1n) is 7.55. The highest BCUT2D eigenvalue weighted by molar-refractivity contribution is 5.38. The smallest absolute Gasteiger partial charge is 0.129 e. The molecular formula is C17H20FN3O. The van der Waals surface area contributed by atoms with Gasteiger partial charge in [0.25, 0.3) is 0 Å². The van der Waals surface area contributed by atoms with Crippen LogP contribution in [0.3, 0.4) is 0 Å². The molecule has 1 atom stereocenters. The minimum Gasteiger partial charge on any atom is -0.387 e. The molecule has 1 aliphatic heterocycles. The summed E-state index contributed by atoms with van der Waals surface area (Å²) in [6.45, 7) is 3.85. The fourth-order valence-electron chi connectivity index (χ4n) is 2.79. The maximum atomic E-state index is 13.7. The summed E-state index contributed by atoms with van der Waals surface area (Å²) in [6, 6.07) is 12.3. The van der Waals surface area contributed by atoms with E-state index in [2.05, 4.69) is 14.8 Å². The lowest BCUT2D eigenvalue weighted by atomic mass is 10.1. The quantitative estimate of drug-likeness (QED) is 0.938. The minimum atomic E-state index is -0.789. The van der Waals surface area contributed by atoms with Gasteiger partial charge in [-0.15, -0.1) is 0 Å². The molecule has 1 saturated heterocycles. The molecule has 0 bridgehead atoms. The number of aromatic nitrogens is 1. The van der Waals surface area contributed by atoms with E-state index < -0.39 is 6.10 Å². The standard InChI is InChI=1S/C17H20FN3O/c18-15-6-2-1-5-14(15)16(22)13-20-9-11-21(12-10-20)17-7-3-4-8-19-17/h1-8,16,22H,9-13H2. The molecular weight excluding hydrogens is 281 g/mol. The van der Waals surface area contributed by atoms with E-state index in [-0.39, 0.29) is 5.82 Å². The number of aliphatic hydroxyl groups excluding tert-OH is 1. The van der Waals surface area contributed by atoms with Crippen LogP contribution in [0.25, 0.3) is 0 Å². The molecule has 1 unspecified atom stereocenters. The molecule has 116 valence electrons. The average molecular weight is 301 g/mol. The predicted octanol–water partition coefficient (Wildman–Crippen LogP) is 2.08. The Bertz CT molecular complexity index is 600. The molecule has 0 spiro atoms. The summed E-state index contributed by atoms with van der Waals surface area (Å²) in [5.74, 6) is 0.638. The Morgan fingerprint density at radius 1 is 1.05 bits per heavy atom. The van der Waals surface area contributed by atoms with Gasteiger partial charge in [-0.05, 0) is 18.2 Å². The van der Waals surface area contributed by atoms with Gasteiger partial charge in [-0.25, -0.2) is 9.37 Å². The van der Waals surface area contributed by atoms with E-state index in [9.17, 15) is 9.50 Å². The molecule has 1 aliphatic rings. The zero-order valence-corrected chi connectivity index (χ0v) is 12.4. The first-order chi connectivity index (χ1) is 10.7. The van der Waals surface area contributed by atoms with Crippen molar-refractivity contribution in [1.29, 1.82) is 0 Å². The lowest BCUT2D eigenvalue weighted by Gasteiger charge is -2.36. The van der Waals surface area contributed by atoms with Gasteiger partial charge >= 0.3 is 0 Å². The Labute approximate surface area is 129 Å². The summed E-state index contributed by atoms with van der Waals surface area (Å²) in [6.07, 6.45) is 1.01. The summed E-state index contributed by atoms with van der Waals surface area (Å²) in [5, 5.41) is 10.2. The zero-order chi connectivity index (χ0) is 15.4. The van der Waals surface area contributed by atoms with Crippen molar-refractivity contribution in [3.8, 4) is 0 Å². The summed E-state index contributed by atoms with van der Waals surface area (Å²) < 4.78 is 13.7. The molecule has 3 rings (SSSR count). The molecule has 4 nitrogen and oxygen atoms in total. The Hall–Kier alpha value is -1.98. The molecule has 1 aromatic carbocycles. The molecule has 22 heavy (non-hydrogen) atoms. The number of hydrogen-bond donors (Lipinski definition) is 1. The molecule has 1 fully saturated rings. The molecule has 0 amide bonds. The van der Waals surface area contributed by atoms with E-state index in [1.54, 1.807) is 24.4 Å². The van der Waals surface area contributed by atoms with Crippen LogP contribution in [0.15, 0.2) is 48.7 Å². The van der Waals surface area contributed by atoms with Gasteiger partial charge in [0.15, 0.2) is 0 Å². The van der Waals surface area contributed by atoms with Crippen molar-refractivity contribution in [2.45, 2.75) is 6.10 Å². The van der Waals surface area contributed by atoms with Crippen molar-refractivity contribution < 1.29 is 9.50 Å². The molecule has 2 heterocycles. The van der Waals surface area contributed by atoms with Gasteiger partial charge in [0, 0.05) is 44.5 Å². The Balaban J connectivity index is 1.55. The van der Waals surface area contributed by atoms with Crippen molar-refractivity contribution >= 4 is 5.82 Å². The van der Waals surface area contributed by atoms with Crippen molar-refractivity contribution in [3.63, 3.8) is 0 Å². The molecule has 0 aliphatic carbocycles. The van der Waals surface area contributed by atoms with Gasteiger partial charge in [-0.2, -0.15) is 0 Å². The van der Waals surface area contributed by atoms with E-state index in [0.717, 1.165) is 32.0 Å². The fourth-order valence-corrected chi connectivity index (χ4v) is 2.79. The number of hydrogen-bond acceptors (Lipinski definition) is 4. The lowest BCUT2D eigenvalue weighted by molar-refractivity contribution is 0.106. The third-order valence-corrected chi connectivity index (χ3v) is 4.04. The summed E-state index contributed by atoms with van der Waals surface area (Å²) >= 11 is 0. The normalized spacial score (nSPS) is 17.5. The number of β-amino-alcohol motifs (C(OH)–C–C–N with tert-alkyl or cyclic N) is 1. The number of halogens is 1. The van der Waals surface area contributed by atoms with Gasteiger partial charge in [-0.1, -0.05) is 24.3 Å². The summed E-state index contributed by atoms with van der Waals surface area (Å²) in [5.41, 5.74) is 0.370. The SMILES string of the molecule is OC(CN1CCN(c2ccccn2)CC1)c1ccccc1F. The average Bonchev–Trinajstić information content (AvgIpc) is 2.57. The van der Waals surface area contributed by atoms with Gasteiger partial charge in [-0.3, -0.25) is 4.90 Å². The topological polar surface area (TPSA) is 39.6 Å². The van der Waals surface area contributed by atoms with Gasteiger partial charge in [0.2, 0.25) is 0 Å². The number of pyridine rings is 1. The van der Waals surface area contributed by atoms with Crippen molar-refractivity contribution in [3.05, 3.63) is 60.0 Å². The van der Waals surface area contributed by atoms with E-state index in [1.807, 2.05) is 18.2 Å². The largest absolute Gasteiger partial charge is 0.387 e. The Kier molecular flexibility index (Phi) is 4.65. The van der Waals surface area contributed by atoms with Gasteiger partial charge < -0.3 is 10.0 Å². The van der Waals surface area contributed by atoms with Crippen LogP contribution in [-0.4, -0.2) is 47.7 Å². The van der Waals surface area contributed by atoms with Crippen molar-refractivity contribution in [2.24, 2.45) is 0 Å². The number of benzene rings is 1. The third-order valence-electron chi connectivity index (χ3n) is 4.04. The summed E-state index contributed by atoms with van der Waals surface area (Å²) in [4.78, 5) is 8.75. The van der Waals surface area contributed by atoms with Gasteiger partial charge in [0.05, 0.1) is 6.10 Å². The second-order valence-corrected chi connectivity index (χ2v) is 5.51. The zero-order valence-electron chi connectivity index (χ0n) is 12.4. The first kappa shape index (κ1) is 14.9. The molecule has 5 heteroatoms. The molecule has 1 aromatic heterocycles. The maximum Gasteiger partial charge on any atom is 0.129 e. The fraction of sp³-hybridized carbons (Fsp3) is 0.353. The third kappa shape index (κ3) is 3.43.